The van der Waals surface area contributed by atoms with Crippen LogP contribution in [0.4, 0.5) is 35.9 Å². The van der Waals surface area contributed by atoms with Crippen LogP contribution in [0.2, 0.25) is 0 Å². The van der Waals surface area contributed by atoms with Gasteiger partial charge < -0.3 is 4.90 Å². The molecule has 0 saturated carbocycles. The van der Waals surface area contributed by atoms with E-state index in [1.54, 1.807) is 35.2 Å². The van der Waals surface area contributed by atoms with E-state index >= 15 is 0 Å². The molecule has 3 aromatic carbocycles. The second-order valence-electron chi connectivity index (χ2n) is 6.40. The lowest BCUT2D eigenvalue weighted by Gasteiger charge is -2.26. The maximum atomic E-state index is 13.5. The average molecular weight is 386 g/mol. The Hall–Kier alpha value is -3.35. The molecule has 0 heterocycles. The summed E-state index contributed by atoms with van der Waals surface area (Å²) in [5, 5.41) is 11.1. The van der Waals surface area contributed by atoms with Crippen molar-refractivity contribution < 1.29 is 18.1 Å². The van der Waals surface area contributed by atoms with Crippen LogP contribution in [0.1, 0.15) is 16.7 Å². The van der Waals surface area contributed by atoms with Crippen LogP contribution in [-0.4, -0.2) is 4.92 Å². The maximum Gasteiger partial charge on any atom is 0.423 e. The molecule has 0 aliphatic rings. The molecular weight excluding hydrogens is 369 g/mol. The van der Waals surface area contributed by atoms with E-state index in [4.69, 9.17) is 0 Å². The Morgan fingerprint density at radius 3 is 2.00 bits per heavy atom. The number of nitro groups is 1. The van der Waals surface area contributed by atoms with Gasteiger partial charge in [-0.05, 0) is 61.4 Å². The van der Waals surface area contributed by atoms with Crippen LogP contribution in [0.25, 0.3) is 0 Å². The van der Waals surface area contributed by atoms with Crippen LogP contribution < -0.4 is 4.90 Å². The van der Waals surface area contributed by atoms with E-state index in [2.05, 4.69) is 0 Å². The van der Waals surface area contributed by atoms with E-state index < -0.39 is 22.4 Å². The highest BCUT2D eigenvalue weighted by Gasteiger charge is 2.39. The number of hydrogen-bond donors (Lipinski definition) is 0. The van der Waals surface area contributed by atoms with Crippen molar-refractivity contribution in [1.82, 2.24) is 0 Å². The van der Waals surface area contributed by atoms with Crippen LogP contribution in [0.5, 0.6) is 0 Å². The third kappa shape index (κ3) is 3.83. The number of anilines is 3. The molecule has 0 fully saturated rings. The Morgan fingerprint density at radius 2 is 1.43 bits per heavy atom. The maximum absolute atomic E-state index is 13.5. The van der Waals surface area contributed by atoms with Gasteiger partial charge in [-0.2, -0.15) is 13.2 Å². The first-order valence-corrected chi connectivity index (χ1v) is 8.46. The van der Waals surface area contributed by atoms with Gasteiger partial charge >= 0.3 is 6.18 Å². The van der Waals surface area contributed by atoms with Crippen LogP contribution in [0.3, 0.4) is 0 Å². The van der Waals surface area contributed by atoms with Gasteiger partial charge in [0, 0.05) is 23.1 Å². The van der Waals surface area contributed by atoms with Gasteiger partial charge in [0.2, 0.25) is 0 Å². The molecule has 4 nitrogen and oxygen atoms in total. The monoisotopic (exact) mass is 386 g/mol. The van der Waals surface area contributed by atoms with Crippen molar-refractivity contribution in [2.75, 3.05) is 4.90 Å². The molecule has 0 aromatic heterocycles. The van der Waals surface area contributed by atoms with E-state index in [0.29, 0.717) is 11.4 Å². The number of aryl methyl sites for hydroxylation is 2. The fourth-order valence-corrected chi connectivity index (χ4v) is 2.94. The van der Waals surface area contributed by atoms with E-state index in [1.165, 1.54) is 6.07 Å². The van der Waals surface area contributed by atoms with Gasteiger partial charge in [0.25, 0.3) is 5.69 Å². The van der Waals surface area contributed by atoms with Crippen LogP contribution in [0.15, 0.2) is 66.7 Å². The Labute approximate surface area is 160 Å². The lowest BCUT2D eigenvalue weighted by Crippen LogP contribution is -2.14. The second kappa shape index (κ2) is 7.34. The molecule has 0 atom stereocenters. The molecule has 0 spiro atoms. The fraction of sp³-hybridized carbons (Fsp3) is 0.143. The molecule has 0 aliphatic heterocycles. The first-order chi connectivity index (χ1) is 13.2. The highest BCUT2D eigenvalue weighted by Crippen LogP contribution is 2.42. The van der Waals surface area contributed by atoms with Crippen molar-refractivity contribution in [2.24, 2.45) is 0 Å². The second-order valence-corrected chi connectivity index (χ2v) is 6.40. The third-order valence-electron chi connectivity index (χ3n) is 4.50. The van der Waals surface area contributed by atoms with E-state index in [-0.39, 0.29) is 5.69 Å². The number of nitro benzene ring substituents is 1. The largest absolute Gasteiger partial charge is 0.423 e. The molecule has 144 valence electrons. The molecule has 0 saturated heterocycles. The minimum Gasteiger partial charge on any atom is -0.310 e. The summed E-state index contributed by atoms with van der Waals surface area (Å²) in [4.78, 5) is 11.7. The zero-order valence-corrected chi connectivity index (χ0v) is 15.2. The van der Waals surface area contributed by atoms with Crippen LogP contribution in [-0.2, 0) is 6.18 Å². The number of hydrogen-bond acceptors (Lipinski definition) is 3. The smallest absolute Gasteiger partial charge is 0.310 e. The average Bonchev–Trinajstić information content (AvgIpc) is 2.65. The summed E-state index contributed by atoms with van der Waals surface area (Å²) in [7, 11) is 0. The van der Waals surface area contributed by atoms with Crippen molar-refractivity contribution in [3.63, 3.8) is 0 Å². The van der Waals surface area contributed by atoms with Crippen molar-refractivity contribution in [2.45, 2.75) is 20.0 Å². The zero-order chi connectivity index (χ0) is 20.5. The summed E-state index contributed by atoms with van der Waals surface area (Å²) in [6.07, 6.45) is -4.84. The Kier molecular flexibility index (Phi) is 5.09. The minimum absolute atomic E-state index is 0.187. The van der Waals surface area contributed by atoms with Gasteiger partial charge in [-0.15, -0.1) is 0 Å². The Balaban J connectivity index is 2.24. The molecule has 0 amide bonds. The number of alkyl halides is 3. The first kappa shape index (κ1) is 19.4. The normalized spacial score (nSPS) is 11.3. The van der Waals surface area contributed by atoms with Crippen molar-refractivity contribution in [3.8, 4) is 0 Å². The molecule has 0 unspecified atom stereocenters. The van der Waals surface area contributed by atoms with Crippen LogP contribution >= 0.6 is 0 Å². The SMILES string of the molecule is Cc1ccc(N(c2ccccc2)c2ccc([N+](=O)[O-])c(C(F)(F)F)c2)cc1C. The van der Waals surface area contributed by atoms with Gasteiger partial charge in [-0.1, -0.05) is 24.3 Å². The Bertz CT molecular complexity index is 1020. The van der Waals surface area contributed by atoms with Crippen molar-refractivity contribution >= 4 is 22.7 Å². The molecule has 0 radical (unpaired) electrons. The first-order valence-electron chi connectivity index (χ1n) is 8.46. The summed E-state index contributed by atoms with van der Waals surface area (Å²) in [5.41, 5.74) is 1.29. The van der Waals surface area contributed by atoms with Gasteiger partial charge in [0.05, 0.1) is 4.92 Å². The van der Waals surface area contributed by atoms with Crippen LogP contribution in [0, 0.1) is 24.0 Å². The number of halogens is 3. The van der Waals surface area contributed by atoms with Gasteiger partial charge in [-0.25, -0.2) is 0 Å². The molecule has 3 rings (SSSR count). The number of nitrogens with zero attached hydrogens (tertiary/aromatic N) is 2. The predicted octanol–water partition coefficient (Wildman–Crippen LogP) is 6.70. The molecular formula is C21H17F3N2O2. The minimum atomic E-state index is -4.84. The Morgan fingerprint density at radius 1 is 0.821 bits per heavy atom. The standard InChI is InChI=1S/C21H17F3N2O2/c1-14-8-9-17(12-15(14)2)25(16-6-4-3-5-7-16)18-10-11-20(26(27)28)19(13-18)21(22,23)24/h3-13H,1-2H3. The van der Waals surface area contributed by atoms with Gasteiger partial charge in [0.15, 0.2) is 0 Å². The predicted molar refractivity (Wildman–Crippen MR) is 102 cm³/mol. The number of rotatable bonds is 4. The molecule has 0 aliphatic carbocycles. The fourth-order valence-electron chi connectivity index (χ4n) is 2.94. The highest BCUT2D eigenvalue weighted by atomic mass is 19.4. The number of para-hydroxylation sites is 1. The van der Waals surface area contributed by atoms with E-state index in [1.807, 2.05) is 32.0 Å². The summed E-state index contributed by atoms with van der Waals surface area (Å²) in [5.74, 6) is 0. The van der Waals surface area contributed by atoms with Crippen molar-refractivity contribution in [1.29, 1.82) is 0 Å². The molecule has 3 aromatic rings. The summed E-state index contributed by atoms with van der Waals surface area (Å²) in [6, 6.07) is 17.5. The lowest BCUT2D eigenvalue weighted by atomic mass is 10.1. The zero-order valence-electron chi connectivity index (χ0n) is 15.2. The van der Waals surface area contributed by atoms with Gasteiger partial charge in [-0.3, -0.25) is 10.1 Å². The van der Waals surface area contributed by atoms with E-state index in [0.717, 1.165) is 23.3 Å². The summed E-state index contributed by atoms with van der Waals surface area (Å²) < 4.78 is 40.4. The molecule has 0 bridgehead atoms. The summed E-state index contributed by atoms with van der Waals surface area (Å²) in [6.45, 7) is 3.86. The molecule has 0 N–H and O–H groups in total. The third-order valence-corrected chi connectivity index (χ3v) is 4.50. The highest BCUT2D eigenvalue weighted by molar-refractivity contribution is 5.78. The van der Waals surface area contributed by atoms with Gasteiger partial charge in [0.1, 0.15) is 5.56 Å². The van der Waals surface area contributed by atoms with E-state index in [9.17, 15) is 23.3 Å². The summed E-state index contributed by atoms with van der Waals surface area (Å²) >= 11 is 0. The molecule has 7 heteroatoms. The quantitative estimate of drug-likeness (QED) is 0.370. The number of benzene rings is 3. The van der Waals surface area contributed by atoms with Crippen molar-refractivity contribution in [3.05, 3.63) is 93.5 Å². The lowest BCUT2D eigenvalue weighted by molar-refractivity contribution is -0.388. The topological polar surface area (TPSA) is 46.4 Å². The molecule has 28 heavy (non-hydrogen) atoms.